The van der Waals surface area contributed by atoms with Gasteiger partial charge in [0.25, 0.3) is 0 Å². The first-order valence-corrected chi connectivity index (χ1v) is 8.27. The molecule has 1 saturated carbocycles. The number of benzene rings is 1. The van der Waals surface area contributed by atoms with Crippen LogP contribution in [0, 0.1) is 0 Å². The maximum absolute atomic E-state index is 12.7. The number of carbonyl (C=O) groups is 2. The molecule has 2 aliphatic rings. The minimum absolute atomic E-state index is 0.0196. The molecule has 1 aliphatic carbocycles. The van der Waals surface area contributed by atoms with E-state index in [-0.39, 0.29) is 17.9 Å². The van der Waals surface area contributed by atoms with Gasteiger partial charge < -0.3 is 15.0 Å². The van der Waals surface area contributed by atoms with Crippen LogP contribution in [0.3, 0.4) is 0 Å². The fourth-order valence-electron chi connectivity index (χ4n) is 3.15. The summed E-state index contributed by atoms with van der Waals surface area (Å²) in [5, 5.41) is 3.72. The molecule has 124 valence electrons. The van der Waals surface area contributed by atoms with Gasteiger partial charge in [-0.3, -0.25) is 9.59 Å². The number of nitrogens with one attached hydrogen (secondary N) is 1. The van der Waals surface area contributed by atoms with Crippen molar-refractivity contribution in [1.82, 2.24) is 10.2 Å². The Morgan fingerprint density at radius 2 is 2.09 bits per heavy atom. The summed E-state index contributed by atoms with van der Waals surface area (Å²) in [4.78, 5) is 26.4. The highest BCUT2D eigenvalue weighted by Crippen LogP contribution is 2.48. The Morgan fingerprint density at radius 3 is 2.70 bits per heavy atom. The molecule has 5 nitrogen and oxygen atoms in total. The van der Waals surface area contributed by atoms with Gasteiger partial charge in [-0.25, -0.2) is 0 Å². The fraction of sp³-hybridized carbons (Fsp3) is 0.529. The zero-order valence-electron chi connectivity index (χ0n) is 13.2. The molecule has 1 N–H and O–H groups in total. The van der Waals surface area contributed by atoms with Gasteiger partial charge in [-0.15, -0.1) is 0 Å². The summed E-state index contributed by atoms with van der Waals surface area (Å²) in [5.74, 6) is 0.0925. The van der Waals surface area contributed by atoms with Crippen molar-refractivity contribution in [3.8, 4) is 0 Å². The lowest BCUT2D eigenvalue weighted by Gasteiger charge is -2.20. The molecule has 1 saturated heterocycles. The van der Waals surface area contributed by atoms with Crippen molar-refractivity contribution in [2.45, 2.75) is 30.7 Å². The lowest BCUT2D eigenvalue weighted by atomic mass is 9.94. The summed E-state index contributed by atoms with van der Waals surface area (Å²) in [7, 11) is 1.61. The SMILES string of the molecule is COCCN1C[C@@H](NC(=O)C2(c3ccc(Cl)cc3)CC2)CC1=O. The summed E-state index contributed by atoms with van der Waals surface area (Å²) < 4.78 is 5.01. The first-order chi connectivity index (χ1) is 11.0. The number of hydrogen-bond donors (Lipinski definition) is 1. The van der Waals surface area contributed by atoms with Gasteiger partial charge in [0.05, 0.1) is 18.1 Å². The first kappa shape index (κ1) is 16.3. The Kier molecular flexibility index (Phi) is 4.60. The van der Waals surface area contributed by atoms with Gasteiger partial charge >= 0.3 is 0 Å². The third-order valence-corrected chi connectivity index (χ3v) is 4.95. The number of nitrogens with zero attached hydrogens (tertiary/aromatic N) is 1. The van der Waals surface area contributed by atoms with E-state index in [4.69, 9.17) is 16.3 Å². The molecular formula is C17H21ClN2O3. The third kappa shape index (κ3) is 3.35. The van der Waals surface area contributed by atoms with Crippen LogP contribution in [0.25, 0.3) is 0 Å². The summed E-state index contributed by atoms with van der Waals surface area (Å²) in [6.45, 7) is 1.65. The van der Waals surface area contributed by atoms with E-state index in [1.807, 2.05) is 24.3 Å². The largest absolute Gasteiger partial charge is 0.383 e. The van der Waals surface area contributed by atoms with Gasteiger partial charge in [-0.2, -0.15) is 0 Å². The van der Waals surface area contributed by atoms with Crippen LogP contribution in [0.1, 0.15) is 24.8 Å². The smallest absolute Gasteiger partial charge is 0.230 e. The number of carbonyl (C=O) groups excluding carboxylic acids is 2. The van der Waals surface area contributed by atoms with Gasteiger partial charge in [-0.1, -0.05) is 23.7 Å². The van der Waals surface area contributed by atoms with Gasteiger partial charge in [0.15, 0.2) is 0 Å². The van der Waals surface area contributed by atoms with Crippen molar-refractivity contribution >= 4 is 23.4 Å². The van der Waals surface area contributed by atoms with E-state index in [1.165, 1.54) is 0 Å². The van der Waals surface area contributed by atoms with Gasteiger partial charge in [-0.05, 0) is 30.5 Å². The van der Waals surface area contributed by atoms with Crippen molar-refractivity contribution in [2.75, 3.05) is 26.8 Å². The third-order valence-electron chi connectivity index (χ3n) is 4.70. The highest BCUT2D eigenvalue weighted by molar-refractivity contribution is 6.30. The Hall–Kier alpha value is -1.59. The quantitative estimate of drug-likeness (QED) is 0.860. The van der Waals surface area contributed by atoms with E-state index >= 15 is 0 Å². The van der Waals surface area contributed by atoms with Gasteiger partial charge in [0, 0.05) is 31.6 Å². The van der Waals surface area contributed by atoms with Crippen molar-refractivity contribution in [1.29, 1.82) is 0 Å². The number of amides is 2. The summed E-state index contributed by atoms with van der Waals surface area (Å²) >= 11 is 5.92. The summed E-state index contributed by atoms with van der Waals surface area (Å²) in [6.07, 6.45) is 2.05. The van der Waals surface area contributed by atoms with Crippen LogP contribution in [0.5, 0.6) is 0 Å². The van der Waals surface area contributed by atoms with Crippen LogP contribution in [0.15, 0.2) is 24.3 Å². The molecule has 3 rings (SSSR count). The van der Waals surface area contributed by atoms with Crippen LogP contribution in [-0.2, 0) is 19.7 Å². The Labute approximate surface area is 140 Å². The van der Waals surface area contributed by atoms with E-state index in [2.05, 4.69) is 5.32 Å². The molecule has 0 bridgehead atoms. The summed E-state index contributed by atoms with van der Waals surface area (Å²) in [5.41, 5.74) is 0.563. The second kappa shape index (κ2) is 6.49. The minimum Gasteiger partial charge on any atom is -0.383 e. The van der Waals surface area contributed by atoms with E-state index in [0.29, 0.717) is 31.1 Å². The van der Waals surface area contributed by atoms with Gasteiger partial charge in [0.1, 0.15) is 0 Å². The lowest BCUT2D eigenvalue weighted by Crippen LogP contribution is -2.43. The average Bonchev–Trinajstić information content (AvgIpc) is 3.27. The number of likely N-dealkylation sites (tertiary alicyclic amines) is 1. The second-order valence-electron chi connectivity index (χ2n) is 6.30. The van der Waals surface area contributed by atoms with E-state index < -0.39 is 5.41 Å². The van der Waals surface area contributed by atoms with E-state index in [0.717, 1.165) is 18.4 Å². The molecule has 2 fully saturated rings. The summed E-state index contributed by atoms with van der Waals surface area (Å²) in [6, 6.07) is 7.35. The fourth-order valence-corrected chi connectivity index (χ4v) is 3.28. The molecule has 1 aliphatic heterocycles. The standard InChI is InChI=1S/C17H21ClN2O3/c1-23-9-8-20-11-14(10-15(20)21)19-16(22)17(6-7-17)12-2-4-13(18)5-3-12/h2-5,14H,6-11H2,1H3,(H,19,22)/t14-/m0/s1. The van der Waals surface area contributed by atoms with E-state index in [1.54, 1.807) is 12.0 Å². The van der Waals surface area contributed by atoms with Crippen LogP contribution >= 0.6 is 11.6 Å². The maximum atomic E-state index is 12.7. The molecule has 0 radical (unpaired) electrons. The minimum atomic E-state index is -0.437. The Morgan fingerprint density at radius 1 is 1.39 bits per heavy atom. The Bertz CT molecular complexity index is 598. The molecule has 2 amide bonds. The van der Waals surface area contributed by atoms with Crippen molar-refractivity contribution in [3.05, 3.63) is 34.9 Å². The molecule has 0 unspecified atom stereocenters. The van der Waals surface area contributed by atoms with Crippen molar-refractivity contribution in [3.63, 3.8) is 0 Å². The average molecular weight is 337 g/mol. The molecule has 23 heavy (non-hydrogen) atoms. The molecule has 0 aromatic heterocycles. The maximum Gasteiger partial charge on any atom is 0.230 e. The molecular weight excluding hydrogens is 316 g/mol. The normalized spacial score (nSPS) is 22.3. The number of halogens is 1. The number of methoxy groups -OCH3 is 1. The predicted molar refractivity (Wildman–Crippen MR) is 87.4 cm³/mol. The molecule has 1 heterocycles. The molecule has 1 atom stereocenters. The zero-order valence-corrected chi connectivity index (χ0v) is 13.9. The highest BCUT2D eigenvalue weighted by atomic mass is 35.5. The second-order valence-corrected chi connectivity index (χ2v) is 6.73. The molecule has 1 aromatic rings. The highest BCUT2D eigenvalue weighted by Gasteiger charge is 2.52. The van der Waals surface area contributed by atoms with Crippen LogP contribution in [0.4, 0.5) is 0 Å². The van der Waals surface area contributed by atoms with Crippen LogP contribution < -0.4 is 5.32 Å². The number of hydrogen-bond acceptors (Lipinski definition) is 3. The zero-order chi connectivity index (χ0) is 16.4. The van der Waals surface area contributed by atoms with Crippen LogP contribution in [0.2, 0.25) is 5.02 Å². The van der Waals surface area contributed by atoms with Gasteiger partial charge in [0.2, 0.25) is 11.8 Å². The first-order valence-electron chi connectivity index (χ1n) is 7.89. The van der Waals surface area contributed by atoms with Crippen molar-refractivity contribution < 1.29 is 14.3 Å². The van der Waals surface area contributed by atoms with E-state index in [9.17, 15) is 9.59 Å². The molecule has 1 aromatic carbocycles. The monoisotopic (exact) mass is 336 g/mol. The molecule has 0 spiro atoms. The van der Waals surface area contributed by atoms with Crippen molar-refractivity contribution in [2.24, 2.45) is 0 Å². The Balaban J connectivity index is 1.61. The van der Waals surface area contributed by atoms with Crippen LogP contribution in [-0.4, -0.2) is 49.6 Å². The number of ether oxygens (including phenoxy) is 1. The lowest BCUT2D eigenvalue weighted by molar-refractivity contribution is -0.128. The number of rotatable bonds is 6. The topological polar surface area (TPSA) is 58.6 Å². The predicted octanol–water partition coefficient (Wildman–Crippen LogP) is 1.74. The molecule has 6 heteroatoms.